The molecule has 3 aromatic rings. The van der Waals surface area contributed by atoms with E-state index in [0.717, 1.165) is 22.3 Å². The number of methoxy groups -OCH3 is 1. The van der Waals surface area contributed by atoms with Crippen molar-refractivity contribution in [2.24, 2.45) is 0 Å². The zero-order chi connectivity index (χ0) is 28.7. The normalized spacial score (nSPS) is 17.4. The molecule has 1 heterocycles. The molecule has 0 bridgehead atoms. The van der Waals surface area contributed by atoms with Crippen LogP contribution >= 0.6 is 0 Å². The van der Waals surface area contributed by atoms with Crippen LogP contribution in [0.25, 0.3) is 17.2 Å². The molecule has 6 nitrogen and oxygen atoms in total. The summed E-state index contributed by atoms with van der Waals surface area (Å²) in [4.78, 5) is 12.9. The number of carbonyl (C=O) groups is 1. The summed E-state index contributed by atoms with van der Waals surface area (Å²) in [5.41, 5.74) is 3.48. The first-order valence-electron chi connectivity index (χ1n) is 13.2. The predicted molar refractivity (Wildman–Crippen MR) is 150 cm³/mol. The molecule has 1 aliphatic heterocycles. The lowest BCUT2D eigenvalue weighted by Gasteiger charge is -2.32. The van der Waals surface area contributed by atoms with Crippen LogP contribution in [0.2, 0.25) is 0 Å². The molecule has 208 valence electrons. The minimum atomic E-state index is -1.10. The fourth-order valence-corrected chi connectivity index (χ4v) is 5.04. The molecule has 0 aromatic heterocycles. The standard InChI is InChI=1S/C31H32BF2NO5/c1-30(2)31(3,4)40-32(39-30)20(16-19-14-15-26(37-5)28(34)27(19)33)17-35-29(36)38-18-25-23-12-8-6-10-21(23)22-11-7-9-13-24(22)25/h6-16,25H,17-18H2,1-5H3,(H,35,36). The maximum absolute atomic E-state index is 14.8. The summed E-state index contributed by atoms with van der Waals surface area (Å²) < 4.78 is 52.1. The van der Waals surface area contributed by atoms with Gasteiger partial charge in [0.05, 0.1) is 18.3 Å². The molecule has 0 unspecified atom stereocenters. The molecular formula is C31H32BF2NO5. The van der Waals surface area contributed by atoms with Gasteiger partial charge in [0.1, 0.15) is 6.61 Å². The van der Waals surface area contributed by atoms with Gasteiger partial charge in [-0.25, -0.2) is 9.18 Å². The third kappa shape index (κ3) is 5.11. The van der Waals surface area contributed by atoms with Gasteiger partial charge < -0.3 is 24.1 Å². The van der Waals surface area contributed by atoms with Crippen molar-refractivity contribution in [3.63, 3.8) is 0 Å². The second kappa shape index (κ2) is 10.7. The minimum Gasteiger partial charge on any atom is -0.494 e. The molecule has 1 aliphatic carbocycles. The Hall–Kier alpha value is -3.69. The van der Waals surface area contributed by atoms with Gasteiger partial charge in [-0.05, 0) is 67.6 Å². The van der Waals surface area contributed by atoms with Crippen LogP contribution in [0.3, 0.4) is 0 Å². The van der Waals surface area contributed by atoms with Gasteiger partial charge in [0, 0.05) is 18.0 Å². The zero-order valence-corrected chi connectivity index (χ0v) is 23.2. The molecule has 0 atom stereocenters. The van der Waals surface area contributed by atoms with Crippen molar-refractivity contribution in [2.45, 2.75) is 44.8 Å². The van der Waals surface area contributed by atoms with E-state index in [1.165, 1.54) is 25.3 Å². The van der Waals surface area contributed by atoms with Gasteiger partial charge >= 0.3 is 13.2 Å². The average molecular weight is 547 g/mol. The van der Waals surface area contributed by atoms with Gasteiger partial charge in [0.15, 0.2) is 11.6 Å². The summed E-state index contributed by atoms with van der Waals surface area (Å²) in [5, 5.41) is 2.73. The Labute approximate surface area is 233 Å². The Morgan fingerprint density at radius 1 is 0.925 bits per heavy atom. The van der Waals surface area contributed by atoms with E-state index in [0.29, 0.717) is 5.47 Å². The molecule has 0 spiro atoms. The van der Waals surface area contributed by atoms with Gasteiger partial charge in [0.2, 0.25) is 5.82 Å². The Balaban J connectivity index is 1.33. The summed E-state index contributed by atoms with van der Waals surface area (Å²) in [6.07, 6.45) is 0.773. The maximum Gasteiger partial charge on any atom is 0.492 e. The first-order chi connectivity index (χ1) is 19.0. The SMILES string of the molecule is COc1ccc(C=C(CNC(=O)OCC2c3ccccc3-c3ccccc32)B2OC(C)(C)C(C)(C)O2)c(F)c1F. The molecule has 1 amide bonds. The third-order valence-electron chi connectivity index (χ3n) is 7.97. The predicted octanol–water partition coefficient (Wildman–Crippen LogP) is 6.53. The number of alkyl carbamates (subject to hydrolysis) is 1. The summed E-state index contributed by atoms with van der Waals surface area (Å²) in [5.74, 6) is -2.47. The summed E-state index contributed by atoms with van der Waals surface area (Å²) in [6, 6.07) is 18.9. The maximum atomic E-state index is 14.8. The molecule has 1 fully saturated rings. The molecule has 1 N–H and O–H groups in total. The van der Waals surface area contributed by atoms with Crippen molar-refractivity contribution < 1.29 is 32.4 Å². The molecule has 1 saturated heterocycles. The van der Waals surface area contributed by atoms with Crippen LogP contribution in [-0.2, 0) is 14.0 Å². The quantitative estimate of drug-likeness (QED) is 0.341. The summed E-state index contributed by atoms with van der Waals surface area (Å²) in [7, 11) is 0.366. The minimum absolute atomic E-state index is 0.0302. The molecule has 9 heteroatoms. The van der Waals surface area contributed by atoms with E-state index in [9.17, 15) is 13.6 Å². The van der Waals surface area contributed by atoms with Crippen molar-refractivity contribution in [2.75, 3.05) is 20.3 Å². The number of halogens is 2. The second-order valence-corrected chi connectivity index (χ2v) is 11.0. The number of fused-ring (bicyclic) bond motifs is 3. The Bertz CT molecular complexity index is 1410. The number of ether oxygens (including phenoxy) is 2. The lowest BCUT2D eigenvalue weighted by Crippen LogP contribution is -2.41. The number of nitrogens with one attached hydrogen (secondary N) is 1. The summed E-state index contributed by atoms with van der Waals surface area (Å²) >= 11 is 0. The monoisotopic (exact) mass is 547 g/mol. The van der Waals surface area contributed by atoms with Crippen molar-refractivity contribution in [1.29, 1.82) is 0 Å². The number of hydrogen-bond donors (Lipinski definition) is 1. The van der Waals surface area contributed by atoms with E-state index in [1.807, 2.05) is 64.1 Å². The first kappa shape index (κ1) is 27.9. The molecule has 40 heavy (non-hydrogen) atoms. The van der Waals surface area contributed by atoms with Crippen molar-refractivity contribution in [3.8, 4) is 16.9 Å². The van der Waals surface area contributed by atoms with Crippen LogP contribution in [0.1, 0.15) is 50.3 Å². The topological polar surface area (TPSA) is 66.0 Å². The fraction of sp³-hybridized carbons (Fsp3) is 0.323. The van der Waals surface area contributed by atoms with Crippen LogP contribution in [-0.4, -0.2) is 44.7 Å². The lowest BCUT2D eigenvalue weighted by molar-refractivity contribution is 0.00578. The van der Waals surface area contributed by atoms with E-state index in [2.05, 4.69) is 17.4 Å². The highest BCUT2D eigenvalue weighted by atomic mass is 19.2. The Kier molecular flexibility index (Phi) is 7.46. The van der Waals surface area contributed by atoms with Gasteiger partial charge in [-0.15, -0.1) is 0 Å². The molecule has 3 aromatic carbocycles. The third-order valence-corrected chi connectivity index (χ3v) is 7.97. The van der Waals surface area contributed by atoms with Crippen LogP contribution in [0.5, 0.6) is 5.75 Å². The van der Waals surface area contributed by atoms with Crippen LogP contribution < -0.4 is 10.1 Å². The van der Waals surface area contributed by atoms with E-state index in [1.54, 1.807) is 0 Å². The van der Waals surface area contributed by atoms with Gasteiger partial charge in [-0.2, -0.15) is 4.39 Å². The number of rotatable bonds is 7. The number of hydrogen-bond acceptors (Lipinski definition) is 5. The van der Waals surface area contributed by atoms with Crippen molar-refractivity contribution in [3.05, 3.63) is 94.5 Å². The van der Waals surface area contributed by atoms with E-state index < -0.39 is 36.0 Å². The van der Waals surface area contributed by atoms with E-state index in [-0.39, 0.29) is 30.4 Å². The largest absolute Gasteiger partial charge is 0.494 e. The van der Waals surface area contributed by atoms with Crippen LogP contribution in [0, 0.1) is 11.6 Å². The Morgan fingerprint density at radius 2 is 1.50 bits per heavy atom. The van der Waals surface area contributed by atoms with Gasteiger partial charge in [-0.1, -0.05) is 54.6 Å². The lowest BCUT2D eigenvalue weighted by atomic mass is 9.77. The molecule has 0 saturated carbocycles. The highest BCUT2D eigenvalue weighted by Gasteiger charge is 2.52. The van der Waals surface area contributed by atoms with Gasteiger partial charge in [-0.3, -0.25) is 0 Å². The van der Waals surface area contributed by atoms with E-state index in [4.69, 9.17) is 18.8 Å². The van der Waals surface area contributed by atoms with Crippen LogP contribution in [0.4, 0.5) is 13.6 Å². The molecule has 5 rings (SSSR count). The summed E-state index contributed by atoms with van der Waals surface area (Å²) in [6.45, 7) is 7.62. The van der Waals surface area contributed by atoms with E-state index >= 15 is 0 Å². The first-order valence-corrected chi connectivity index (χ1v) is 13.2. The van der Waals surface area contributed by atoms with Crippen molar-refractivity contribution in [1.82, 2.24) is 5.32 Å². The zero-order valence-electron chi connectivity index (χ0n) is 23.2. The number of benzene rings is 3. The molecular weight excluding hydrogens is 515 g/mol. The average Bonchev–Trinajstić information content (AvgIpc) is 3.36. The highest BCUT2D eigenvalue weighted by Crippen LogP contribution is 2.44. The highest BCUT2D eigenvalue weighted by molar-refractivity contribution is 6.56. The number of amides is 1. The smallest absolute Gasteiger partial charge is 0.492 e. The molecule has 0 radical (unpaired) electrons. The second-order valence-electron chi connectivity index (χ2n) is 11.0. The van der Waals surface area contributed by atoms with Crippen molar-refractivity contribution >= 4 is 19.3 Å². The Morgan fingerprint density at radius 3 is 2.08 bits per heavy atom. The fourth-order valence-electron chi connectivity index (χ4n) is 5.04. The van der Waals surface area contributed by atoms with Crippen LogP contribution in [0.15, 0.2) is 66.1 Å². The number of carbonyl (C=O) groups excluding carboxylic acids is 1. The van der Waals surface area contributed by atoms with Gasteiger partial charge in [0.25, 0.3) is 0 Å². The molecule has 2 aliphatic rings.